The molecule has 9 heteroatoms. The van der Waals surface area contributed by atoms with Crippen LogP contribution in [-0.4, -0.2) is 56.8 Å². The smallest absolute Gasteiger partial charge is 0.292 e. The Hall–Kier alpha value is -3.14. The molecule has 3 aromatic rings. The van der Waals surface area contributed by atoms with E-state index in [0.29, 0.717) is 18.8 Å². The number of nitrogens with one attached hydrogen (secondary N) is 1. The van der Waals surface area contributed by atoms with Gasteiger partial charge in [-0.15, -0.1) is 0 Å². The number of fused-ring (bicyclic) bond motifs is 1. The van der Waals surface area contributed by atoms with Crippen molar-refractivity contribution in [2.45, 2.75) is 17.4 Å². The van der Waals surface area contributed by atoms with Crippen molar-refractivity contribution in [3.8, 4) is 0 Å². The van der Waals surface area contributed by atoms with Gasteiger partial charge in [-0.3, -0.25) is 9.59 Å². The number of sulfonamides is 1. The minimum atomic E-state index is -3.96. The van der Waals surface area contributed by atoms with Gasteiger partial charge in [0.25, 0.3) is 5.91 Å². The maximum absolute atomic E-state index is 14.1. The van der Waals surface area contributed by atoms with E-state index >= 15 is 0 Å². The van der Waals surface area contributed by atoms with Crippen LogP contribution in [0.4, 0.5) is 10.1 Å². The van der Waals surface area contributed by atoms with Crippen LogP contribution in [0.15, 0.2) is 71.6 Å². The summed E-state index contributed by atoms with van der Waals surface area (Å²) < 4.78 is 41.0. The number of quaternary nitrogens is 1. The SMILES string of the molecule is O=C1C[C@@H]([NH+]2CCN(S(=O)(=O)c3ccccc3F)CC2)C(=O)N1c1ccc2ccccc2c1. The van der Waals surface area contributed by atoms with Gasteiger partial charge in [-0.1, -0.05) is 42.5 Å². The molecule has 33 heavy (non-hydrogen) atoms. The van der Waals surface area contributed by atoms with Gasteiger partial charge in [0.1, 0.15) is 10.7 Å². The number of carbonyl (C=O) groups excluding carboxylic acids is 2. The number of hydrogen-bond donors (Lipinski definition) is 1. The molecule has 0 aromatic heterocycles. The third-order valence-corrected chi connectivity index (χ3v) is 8.38. The Balaban J connectivity index is 1.31. The quantitative estimate of drug-likeness (QED) is 0.584. The summed E-state index contributed by atoms with van der Waals surface area (Å²) >= 11 is 0. The van der Waals surface area contributed by atoms with Crippen LogP contribution in [0.5, 0.6) is 0 Å². The predicted octanol–water partition coefficient (Wildman–Crippen LogP) is 1.20. The lowest BCUT2D eigenvalue weighted by molar-refractivity contribution is -0.918. The average molecular weight is 469 g/mol. The number of piperazine rings is 1. The fourth-order valence-electron chi connectivity index (χ4n) is 4.69. The first-order valence-corrected chi connectivity index (χ1v) is 12.2. The second-order valence-corrected chi connectivity index (χ2v) is 10.3. The maximum Gasteiger partial charge on any atom is 0.292 e. The van der Waals surface area contributed by atoms with Gasteiger partial charge in [0.15, 0.2) is 6.04 Å². The molecule has 2 aliphatic rings. The van der Waals surface area contributed by atoms with E-state index in [1.807, 2.05) is 36.4 Å². The minimum Gasteiger partial charge on any atom is -0.322 e. The van der Waals surface area contributed by atoms with Crippen LogP contribution in [0, 0.1) is 5.82 Å². The zero-order valence-corrected chi connectivity index (χ0v) is 18.6. The molecule has 0 aliphatic carbocycles. The number of nitrogens with zero attached hydrogens (tertiary/aromatic N) is 2. The third kappa shape index (κ3) is 3.82. The zero-order chi connectivity index (χ0) is 23.2. The van der Waals surface area contributed by atoms with Gasteiger partial charge in [-0.2, -0.15) is 4.31 Å². The van der Waals surface area contributed by atoms with Gasteiger partial charge in [-0.05, 0) is 35.0 Å². The van der Waals surface area contributed by atoms with E-state index in [0.717, 1.165) is 21.7 Å². The van der Waals surface area contributed by atoms with Crippen LogP contribution in [0.2, 0.25) is 0 Å². The standard InChI is InChI=1S/C24H22FN3O4S/c25-20-7-3-4-8-22(20)33(31,32)27-13-11-26(12-14-27)21-16-23(29)28(24(21)30)19-10-9-17-5-1-2-6-18(17)15-19/h1-10,15,21H,11-14,16H2/p+1/t21-/m1/s1. The molecule has 2 fully saturated rings. The molecule has 1 atom stereocenters. The van der Waals surface area contributed by atoms with Crippen molar-refractivity contribution in [3.63, 3.8) is 0 Å². The number of carbonyl (C=O) groups is 2. The van der Waals surface area contributed by atoms with E-state index in [1.165, 1.54) is 27.4 Å². The highest BCUT2D eigenvalue weighted by molar-refractivity contribution is 7.89. The lowest BCUT2D eigenvalue weighted by Crippen LogP contribution is -3.19. The average Bonchev–Trinajstić information content (AvgIpc) is 3.12. The first-order valence-electron chi connectivity index (χ1n) is 10.8. The lowest BCUT2D eigenvalue weighted by atomic mass is 10.1. The molecular weight excluding hydrogens is 445 g/mol. The van der Waals surface area contributed by atoms with Gasteiger partial charge in [0, 0.05) is 0 Å². The molecule has 3 aromatic carbocycles. The van der Waals surface area contributed by atoms with Crippen molar-refractivity contribution >= 4 is 38.3 Å². The molecule has 0 bridgehead atoms. The van der Waals surface area contributed by atoms with Gasteiger partial charge in [0.05, 0.1) is 38.3 Å². The Kier molecular flexibility index (Phi) is 5.48. The summed E-state index contributed by atoms with van der Waals surface area (Å²) in [6.07, 6.45) is 0.0844. The van der Waals surface area contributed by atoms with Crippen molar-refractivity contribution in [3.05, 3.63) is 72.5 Å². The molecule has 170 valence electrons. The molecule has 0 unspecified atom stereocenters. The normalized spacial score (nSPS) is 20.6. The van der Waals surface area contributed by atoms with Gasteiger partial charge < -0.3 is 4.90 Å². The molecule has 5 rings (SSSR count). The fourth-order valence-corrected chi connectivity index (χ4v) is 6.20. The van der Waals surface area contributed by atoms with Crippen LogP contribution in [0.1, 0.15) is 6.42 Å². The molecule has 2 saturated heterocycles. The van der Waals surface area contributed by atoms with Crippen LogP contribution in [-0.2, 0) is 19.6 Å². The summed E-state index contributed by atoms with van der Waals surface area (Å²) in [5.41, 5.74) is 0.548. The van der Waals surface area contributed by atoms with E-state index in [4.69, 9.17) is 0 Å². The van der Waals surface area contributed by atoms with Crippen molar-refractivity contribution in [1.29, 1.82) is 0 Å². The third-order valence-electron chi connectivity index (χ3n) is 6.45. The molecule has 1 N–H and O–H groups in total. The second kappa shape index (κ2) is 8.33. The van der Waals surface area contributed by atoms with E-state index in [-0.39, 0.29) is 36.2 Å². The molecular formula is C24H23FN3O4S+. The molecule has 7 nitrogen and oxygen atoms in total. The molecule has 0 radical (unpaired) electrons. The second-order valence-electron chi connectivity index (χ2n) is 8.35. The maximum atomic E-state index is 14.1. The van der Waals surface area contributed by atoms with Crippen LogP contribution in [0.3, 0.4) is 0 Å². The number of amides is 2. The first-order chi connectivity index (χ1) is 15.9. The monoisotopic (exact) mass is 468 g/mol. The number of halogens is 1. The topological polar surface area (TPSA) is 79.2 Å². The first kappa shape index (κ1) is 21.7. The number of rotatable bonds is 4. The molecule has 0 saturated carbocycles. The van der Waals surface area contributed by atoms with Gasteiger partial charge >= 0.3 is 0 Å². The highest BCUT2D eigenvalue weighted by Gasteiger charge is 2.47. The van der Waals surface area contributed by atoms with E-state index in [1.54, 1.807) is 6.07 Å². The molecule has 0 spiro atoms. The Morgan fingerprint density at radius 2 is 1.55 bits per heavy atom. The predicted molar refractivity (Wildman–Crippen MR) is 121 cm³/mol. The Bertz CT molecular complexity index is 1350. The van der Waals surface area contributed by atoms with Crippen molar-refractivity contribution < 1.29 is 27.3 Å². The van der Waals surface area contributed by atoms with Crippen LogP contribution >= 0.6 is 0 Å². The number of hydrogen-bond acceptors (Lipinski definition) is 4. The number of imide groups is 1. The molecule has 2 aliphatic heterocycles. The highest BCUT2D eigenvalue weighted by Crippen LogP contribution is 2.26. The fraction of sp³-hybridized carbons (Fsp3) is 0.250. The molecule has 2 heterocycles. The van der Waals surface area contributed by atoms with Crippen molar-refractivity contribution in [1.82, 2.24) is 4.31 Å². The Labute approximate surface area is 191 Å². The lowest BCUT2D eigenvalue weighted by Gasteiger charge is -2.33. The molecule has 2 amide bonds. The van der Waals surface area contributed by atoms with E-state index < -0.39 is 21.9 Å². The minimum absolute atomic E-state index is 0.0844. The van der Waals surface area contributed by atoms with Gasteiger partial charge in [0.2, 0.25) is 15.9 Å². The Morgan fingerprint density at radius 3 is 2.27 bits per heavy atom. The van der Waals surface area contributed by atoms with E-state index in [9.17, 15) is 22.4 Å². The summed E-state index contributed by atoms with van der Waals surface area (Å²) in [4.78, 5) is 27.7. The summed E-state index contributed by atoms with van der Waals surface area (Å²) in [7, 11) is -3.96. The largest absolute Gasteiger partial charge is 0.322 e. The summed E-state index contributed by atoms with van der Waals surface area (Å²) in [6.45, 7) is 1.03. The highest BCUT2D eigenvalue weighted by atomic mass is 32.2. The summed E-state index contributed by atoms with van der Waals surface area (Å²) in [5, 5.41) is 1.97. The van der Waals surface area contributed by atoms with Crippen molar-refractivity contribution in [2.24, 2.45) is 0 Å². The van der Waals surface area contributed by atoms with Gasteiger partial charge in [-0.25, -0.2) is 17.7 Å². The van der Waals surface area contributed by atoms with E-state index in [2.05, 4.69) is 0 Å². The number of benzene rings is 3. The number of anilines is 1. The summed E-state index contributed by atoms with van der Waals surface area (Å²) in [6, 6.07) is 18.0. The summed E-state index contributed by atoms with van der Waals surface area (Å²) in [5.74, 6) is -1.31. The van der Waals surface area contributed by atoms with Crippen LogP contribution in [0.25, 0.3) is 10.8 Å². The van der Waals surface area contributed by atoms with Crippen LogP contribution < -0.4 is 9.80 Å². The Morgan fingerprint density at radius 1 is 0.879 bits per heavy atom. The zero-order valence-electron chi connectivity index (χ0n) is 17.8. The van der Waals surface area contributed by atoms with Crippen molar-refractivity contribution in [2.75, 3.05) is 31.1 Å².